The van der Waals surface area contributed by atoms with Gasteiger partial charge in [0, 0.05) is 24.1 Å². The minimum atomic E-state index is -0.772. The van der Waals surface area contributed by atoms with Crippen LogP contribution in [-0.4, -0.2) is 21.8 Å². The molecule has 1 amide bonds. The number of nitrogens with one attached hydrogen (secondary N) is 1. The summed E-state index contributed by atoms with van der Waals surface area (Å²) < 4.78 is 12.9. The first kappa shape index (κ1) is 17.6. The number of hydrogen-bond donors (Lipinski definition) is 1. The highest BCUT2D eigenvalue weighted by Crippen LogP contribution is 2.34. The zero-order valence-electron chi connectivity index (χ0n) is 15.0. The normalized spacial score (nSPS) is 12.0. The molecule has 0 saturated carbocycles. The quantitative estimate of drug-likeness (QED) is 0.697. The van der Waals surface area contributed by atoms with Crippen LogP contribution in [-0.2, 0) is 11.3 Å². The number of aromatic nitrogens is 2. The molecule has 0 aliphatic carbocycles. The van der Waals surface area contributed by atoms with Crippen molar-refractivity contribution in [2.45, 2.75) is 13.5 Å². The lowest BCUT2D eigenvalue weighted by atomic mass is 10.2. The van der Waals surface area contributed by atoms with Gasteiger partial charge in [-0.2, -0.15) is 0 Å². The van der Waals surface area contributed by atoms with Gasteiger partial charge in [-0.25, -0.2) is 0 Å². The number of carbonyl (C=O) groups is 1. The van der Waals surface area contributed by atoms with E-state index < -0.39 is 17.0 Å². The van der Waals surface area contributed by atoms with Crippen molar-refractivity contribution in [2.75, 3.05) is 12.1 Å². The zero-order chi connectivity index (χ0) is 19.7. The summed E-state index contributed by atoms with van der Waals surface area (Å²) in [6.07, 6.45) is 2.91. The molecule has 0 spiro atoms. The lowest BCUT2D eigenvalue weighted by molar-refractivity contribution is -0.116. The highest BCUT2D eigenvalue weighted by atomic mass is 16.7. The Morgan fingerprint density at radius 1 is 1.04 bits per heavy atom. The summed E-state index contributed by atoms with van der Waals surface area (Å²) in [5, 5.41) is 2.68. The van der Waals surface area contributed by atoms with E-state index in [-0.39, 0.29) is 13.3 Å². The molecule has 1 aliphatic rings. The third-order valence-electron chi connectivity index (χ3n) is 4.40. The van der Waals surface area contributed by atoms with Gasteiger partial charge in [0.15, 0.2) is 11.5 Å². The standard InChI is InChI=1S/C20H17N3O5/c1-13-4-2-3-5-15(13)23-9-8-22(19(25)20(23)26)11-18(24)21-14-6-7-16-17(10-14)28-12-27-16/h2-10H,11-12H2,1H3,(H,21,24). The van der Waals surface area contributed by atoms with Gasteiger partial charge in [-0.15, -0.1) is 0 Å². The number of anilines is 1. The molecule has 142 valence electrons. The van der Waals surface area contributed by atoms with Gasteiger partial charge >= 0.3 is 11.1 Å². The number of benzene rings is 2. The van der Waals surface area contributed by atoms with Crippen LogP contribution in [0.2, 0.25) is 0 Å². The number of aryl methyl sites for hydroxylation is 1. The molecule has 2 aromatic carbocycles. The van der Waals surface area contributed by atoms with E-state index in [1.54, 1.807) is 30.3 Å². The smallest absolute Gasteiger partial charge is 0.320 e. The maximum Gasteiger partial charge on any atom is 0.320 e. The molecule has 3 aromatic rings. The minimum Gasteiger partial charge on any atom is -0.454 e. The largest absolute Gasteiger partial charge is 0.454 e. The number of ether oxygens (including phenoxy) is 2. The average molecular weight is 379 g/mol. The van der Waals surface area contributed by atoms with Crippen molar-refractivity contribution in [1.82, 2.24) is 9.13 Å². The lowest BCUT2D eigenvalue weighted by Gasteiger charge is -2.11. The number of fused-ring (bicyclic) bond motifs is 1. The second-order valence-electron chi connectivity index (χ2n) is 6.31. The Bertz CT molecular complexity index is 1180. The molecule has 1 aliphatic heterocycles. The highest BCUT2D eigenvalue weighted by molar-refractivity contribution is 5.91. The van der Waals surface area contributed by atoms with E-state index in [1.807, 2.05) is 19.1 Å². The van der Waals surface area contributed by atoms with Crippen LogP contribution in [0.1, 0.15) is 5.56 Å². The maximum atomic E-state index is 12.5. The predicted molar refractivity (Wildman–Crippen MR) is 102 cm³/mol. The van der Waals surface area contributed by atoms with E-state index in [1.165, 1.54) is 17.0 Å². The van der Waals surface area contributed by atoms with E-state index in [9.17, 15) is 14.4 Å². The molecule has 0 unspecified atom stereocenters. The summed E-state index contributed by atoms with van der Waals surface area (Å²) in [5.41, 5.74) is 0.513. The van der Waals surface area contributed by atoms with Gasteiger partial charge in [-0.05, 0) is 30.7 Å². The van der Waals surface area contributed by atoms with E-state index in [0.717, 1.165) is 10.1 Å². The van der Waals surface area contributed by atoms with Crippen LogP contribution in [0.5, 0.6) is 11.5 Å². The fourth-order valence-electron chi connectivity index (χ4n) is 2.99. The molecule has 0 bridgehead atoms. The molecule has 0 radical (unpaired) electrons. The molecule has 0 fully saturated rings. The Hall–Kier alpha value is -3.81. The van der Waals surface area contributed by atoms with E-state index in [4.69, 9.17) is 9.47 Å². The second kappa shape index (κ2) is 7.07. The van der Waals surface area contributed by atoms with Crippen LogP contribution >= 0.6 is 0 Å². The summed E-state index contributed by atoms with van der Waals surface area (Å²) in [4.78, 5) is 37.2. The maximum absolute atomic E-state index is 12.5. The lowest BCUT2D eigenvalue weighted by Crippen LogP contribution is -2.41. The first-order valence-corrected chi connectivity index (χ1v) is 8.60. The third kappa shape index (κ3) is 3.27. The number of amides is 1. The number of para-hydroxylation sites is 1. The number of rotatable bonds is 4. The molecule has 2 heterocycles. The number of hydrogen-bond acceptors (Lipinski definition) is 5. The van der Waals surface area contributed by atoms with Crippen molar-refractivity contribution in [1.29, 1.82) is 0 Å². The number of nitrogens with zero attached hydrogens (tertiary/aromatic N) is 2. The average Bonchev–Trinajstić information content (AvgIpc) is 3.14. The van der Waals surface area contributed by atoms with Crippen molar-refractivity contribution < 1.29 is 14.3 Å². The van der Waals surface area contributed by atoms with Crippen LogP contribution in [0, 0.1) is 6.92 Å². The van der Waals surface area contributed by atoms with Gasteiger partial charge in [-0.1, -0.05) is 18.2 Å². The van der Waals surface area contributed by atoms with Crippen molar-refractivity contribution in [3.05, 3.63) is 81.1 Å². The van der Waals surface area contributed by atoms with Crippen molar-refractivity contribution in [3.8, 4) is 17.2 Å². The van der Waals surface area contributed by atoms with Gasteiger partial charge in [0.05, 0.1) is 5.69 Å². The van der Waals surface area contributed by atoms with Crippen LogP contribution in [0.15, 0.2) is 64.4 Å². The Kier molecular flexibility index (Phi) is 4.44. The van der Waals surface area contributed by atoms with E-state index in [2.05, 4.69) is 5.32 Å². The Morgan fingerprint density at radius 3 is 2.64 bits per heavy atom. The molecular formula is C20H17N3O5. The molecule has 8 heteroatoms. The van der Waals surface area contributed by atoms with Gasteiger partial charge in [-0.3, -0.25) is 23.5 Å². The first-order chi connectivity index (χ1) is 13.5. The van der Waals surface area contributed by atoms with Gasteiger partial charge < -0.3 is 14.8 Å². The zero-order valence-corrected chi connectivity index (χ0v) is 15.0. The molecule has 0 atom stereocenters. The van der Waals surface area contributed by atoms with E-state index in [0.29, 0.717) is 22.9 Å². The molecule has 8 nitrogen and oxygen atoms in total. The number of carbonyl (C=O) groups excluding carboxylic acids is 1. The first-order valence-electron chi connectivity index (χ1n) is 8.60. The summed E-state index contributed by atoms with van der Waals surface area (Å²) in [6, 6.07) is 12.3. The fraction of sp³-hybridized carbons (Fsp3) is 0.150. The molecular weight excluding hydrogens is 362 g/mol. The monoisotopic (exact) mass is 379 g/mol. The highest BCUT2D eigenvalue weighted by Gasteiger charge is 2.15. The third-order valence-corrected chi connectivity index (χ3v) is 4.40. The summed E-state index contributed by atoms with van der Waals surface area (Å²) in [5.74, 6) is 0.707. The van der Waals surface area contributed by atoms with Crippen LogP contribution in [0.4, 0.5) is 5.69 Å². The second-order valence-corrected chi connectivity index (χ2v) is 6.31. The molecule has 0 saturated heterocycles. The Morgan fingerprint density at radius 2 is 1.82 bits per heavy atom. The van der Waals surface area contributed by atoms with Crippen molar-refractivity contribution >= 4 is 11.6 Å². The molecule has 1 aromatic heterocycles. The van der Waals surface area contributed by atoms with Crippen molar-refractivity contribution in [2.24, 2.45) is 0 Å². The SMILES string of the molecule is Cc1ccccc1-n1ccn(CC(=O)Nc2ccc3c(c2)OCO3)c(=O)c1=O. The Labute approximate surface area is 159 Å². The minimum absolute atomic E-state index is 0.138. The fourth-order valence-corrected chi connectivity index (χ4v) is 2.99. The molecule has 28 heavy (non-hydrogen) atoms. The predicted octanol–water partition coefficient (Wildman–Crippen LogP) is 1.68. The summed E-state index contributed by atoms with van der Waals surface area (Å²) in [7, 11) is 0. The van der Waals surface area contributed by atoms with E-state index >= 15 is 0 Å². The van der Waals surface area contributed by atoms with Gasteiger partial charge in [0.25, 0.3) is 0 Å². The van der Waals surface area contributed by atoms with Gasteiger partial charge in [0.1, 0.15) is 6.54 Å². The summed E-state index contributed by atoms with van der Waals surface area (Å²) >= 11 is 0. The molecule has 4 rings (SSSR count). The van der Waals surface area contributed by atoms with Crippen LogP contribution < -0.4 is 25.9 Å². The topological polar surface area (TPSA) is 91.6 Å². The van der Waals surface area contributed by atoms with Crippen molar-refractivity contribution in [3.63, 3.8) is 0 Å². The summed E-state index contributed by atoms with van der Waals surface area (Å²) in [6.45, 7) is 1.71. The van der Waals surface area contributed by atoms with Crippen LogP contribution in [0.3, 0.4) is 0 Å². The molecule has 1 N–H and O–H groups in total. The van der Waals surface area contributed by atoms with Crippen LogP contribution in [0.25, 0.3) is 5.69 Å². The van der Waals surface area contributed by atoms with Gasteiger partial charge in [0.2, 0.25) is 12.7 Å². The Balaban J connectivity index is 1.54.